The van der Waals surface area contributed by atoms with E-state index in [1.807, 2.05) is 0 Å². The van der Waals surface area contributed by atoms with Crippen molar-refractivity contribution in [2.24, 2.45) is 5.92 Å². The first-order valence-corrected chi connectivity index (χ1v) is 7.71. The second-order valence-corrected chi connectivity index (χ2v) is 5.75. The highest BCUT2D eigenvalue weighted by Gasteiger charge is 2.33. The van der Waals surface area contributed by atoms with Crippen molar-refractivity contribution < 1.29 is 19.4 Å². The first-order chi connectivity index (χ1) is 10.1. The minimum absolute atomic E-state index is 0.00582. The largest absolute Gasteiger partial charge is 0.481 e. The molecule has 0 aromatic carbocycles. The van der Waals surface area contributed by atoms with Crippen LogP contribution in [0.25, 0.3) is 0 Å². The van der Waals surface area contributed by atoms with Crippen LogP contribution in [0.2, 0.25) is 0 Å². The van der Waals surface area contributed by atoms with Crippen LogP contribution in [0, 0.1) is 5.92 Å². The van der Waals surface area contributed by atoms with Gasteiger partial charge < -0.3 is 20.5 Å². The number of carboxylic acid groups (broad SMARTS) is 1. The number of carbonyl (C=O) groups is 2. The van der Waals surface area contributed by atoms with E-state index in [4.69, 9.17) is 9.84 Å². The van der Waals surface area contributed by atoms with Crippen molar-refractivity contribution in [1.82, 2.24) is 15.5 Å². The Bertz CT molecular complexity index is 354. The van der Waals surface area contributed by atoms with Gasteiger partial charge in [-0.05, 0) is 31.7 Å². The summed E-state index contributed by atoms with van der Waals surface area (Å²) in [6.07, 6.45) is 2.91. The van der Waals surface area contributed by atoms with Crippen molar-refractivity contribution in [3.05, 3.63) is 0 Å². The second kappa shape index (κ2) is 8.19. The summed E-state index contributed by atoms with van der Waals surface area (Å²) in [4.78, 5) is 24.9. The summed E-state index contributed by atoms with van der Waals surface area (Å²) in [6.45, 7) is 5.03. The smallest absolute Gasteiger partial charge is 0.315 e. The Balaban J connectivity index is 1.56. The highest BCUT2D eigenvalue weighted by Crippen LogP contribution is 2.33. The minimum atomic E-state index is -0.862. The van der Waals surface area contributed by atoms with Crippen molar-refractivity contribution in [1.29, 1.82) is 0 Å². The number of amides is 2. The standard InChI is InChI=1S/C14H25N3O4/c18-13(19)10-12(11-2-3-11)16-14(20)15-4-1-5-17-6-8-21-9-7-17/h11-12H,1-10H2,(H,18,19)(H2,15,16,20). The molecule has 1 heterocycles. The highest BCUT2D eigenvalue weighted by molar-refractivity contribution is 5.75. The Hall–Kier alpha value is -1.34. The molecule has 21 heavy (non-hydrogen) atoms. The fraction of sp³-hybridized carbons (Fsp3) is 0.857. The SMILES string of the molecule is O=C(O)CC(NC(=O)NCCCN1CCOCC1)C1CC1. The van der Waals surface area contributed by atoms with Gasteiger partial charge in [-0.2, -0.15) is 0 Å². The number of morpholine rings is 1. The van der Waals surface area contributed by atoms with Gasteiger partial charge in [-0.25, -0.2) is 4.79 Å². The van der Waals surface area contributed by atoms with Gasteiger partial charge in [0.15, 0.2) is 0 Å². The number of nitrogens with zero attached hydrogens (tertiary/aromatic N) is 1. The molecule has 0 aromatic heterocycles. The average molecular weight is 299 g/mol. The van der Waals surface area contributed by atoms with Crippen LogP contribution in [0.4, 0.5) is 4.79 Å². The number of urea groups is 1. The number of nitrogens with one attached hydrogen (secondary N) is 2. The summed E-state index contributed by atoms with van der Waals surface area (Å²) >= 11 is 0. The van der Waals surface area contributed by atoms with Gasteiger partial charge in [0.1, 0.15) is 0 Å². The predicted octanol–water partition coefficient (Wildman–Crippen LogP) is 0.261. The van der Waals surface area contributed by atoms with E-state index in [0.717, 1.165) is 52.1 Å². The summed E-state index contributed by atoms with van der Waals surface area (Å²) < 4.78 is 5.28. The topological polar surface area (TPSA) is 90.9 Å². The lowest BCUT2D eigenvalue weighted by Crippen LogP contribution is -2.45. The highest BCUT2D eigenvalue weighted by atomic mass is 16.5. The average Bonchev–Trinajstić information content (AvgIpc) is 3.28. The molecular weight excluding hydrogens is 274 g/mol. The van der Waals surface area contributed by atoms with E-state index < -0.39 is 5.97 Å². The van der Waals surface area contributed by atoms with Gasteiger partial charge in [0.05, 0.1) is 19.6 Å². The summed E-state index contributed by atoms with van der Waals surface area (Å²) in [5.41, 5.74) is 0. The van der Waals surface area contributed by atoms with E-state index in [9.17, 15) is 9.59 Å². The fourth-order valence-corrected chi connectivity index (χ4v) is 2.57. The molecule has 2 amide bonds. The zero-order chi connectivity index (χ0) is 15.1. The van der Waals surface area contributed by atoms with Crippen molar-refractivity contribution in [2.75, 3.05) is 39.4 Å². The number of hydrogen-bond donors (Lipinski definition) is 3. The van der Waals surface area contributed by atoms with Crippen molar-refractivity contribution in [3.8, 4) is 0 Å². The van der Waals surface area contributed by atoms with E-state index >= 15 is 0 Å². The molecule has 0 bridgehead atoms. The maximum absolute atomic E-state index is 11.8. The molecule has 1 atom stereocenters. The van der Waals surface area contributed by atoms with E-state index in [0.29, 0.717) is 12.5 Å². The van der Waals surface area contributed by atoms with E-state index in [-0.39, 0.29) is 18.5 Å². The van der Waals surface area contributed by atoms with Gasteiger partial charge in [0.2, 0.25) is 0 Å². The van der Waals surface area contributed by atoms with Gasteiger partial charge in [0, 0.05) is 25.7 Å². The molecule has 0 spiro atoms. The van der Waals surface area contributed by atoms with Gasteiger partial charge in [-0.1, -0.05) is 0 Å². The van der Waals surface area contributed by atoms with E-state index in [1.165, 1.54) is 0 Å². The normalized spacial score (nSPS) is 20.8. The Morgan fingerprint density at radius 1 is 1.29 bits per heavy atom. The molecule has 7 heteroatoms. The van der Waals surface area contributed by atoms with Crippen LogP contribution in [0.1, 0.15) is 25.7 Å². The molecule has 2 aliphatic rings. The molecule has 0 radical (unpaired) electrons. The molecule has 1 unspecified atom stereocenters. The number of carboxylic acids is 1. The molecule has 2 fully saturated rings. The monoisotopic (exact) mass is 299 g/mol. The molecule has 1 aliphatic heterocycles. The lowest BCUT2D eigenvalue weighted by Gasteiger charge is -2.26. The fourth-order valence-electron chi connectivity index (χ4n) is 2.57. The maximum atomic E-state index is 11.8. The molecule has 7 nitrogen and oxygen atoms in total. The van der Waals surface area contributed by atoms with Crippen LogP contribution >= 0.6 is 0 Å². The van der Waals surface area contributed by atoms with Gasteiger partial charge in [0.25, 0.3) is 0 Å². The Labute approximate surface area is 125 Å². The van der Waals surface area contributed by atoms with Crippen LogP contribution in [-0.2, 0) is 9.53 Å². The van der Waals surface area contributed by atoms with Gasteiger partial charge in [-0.15, -0.1) is 0 Å². The molecule has 0 aromatic rings. The first-order valence-electron chi connectivity index (χ1n) is 7.71. The van der Waals surface area contributed by atoms with Gasteiger partial charge in [-0.3, -0.25) is 9.69 Å². The molecule has 2 rings (SSSR count). The number of rotatable bonds is 8. The lowest BCUT2D eigenvalue weighted by molar-refractivity contribution is -0.137. The number of carbonyl (C=O) groups excluding carboxylic acids is 1. The van der Waals surface area contributed by atoms with Crippen LogP contribution in [0.3, 0.4) is 0 Å². The van der Waals surface area contributed by atoms with E-state index in [1.54, 1.807) is 0 Å². The number of hydrogen-bond acceptors (Lipinski definition) is 4. The summed E-state index contributed by atoms with van der Waals surface area (Å²) in [7, 11) is 0. The van der Waals surface area contributed by atoms with Crippen LogP contribution in [-0.4, -0.2) is 67.4 Å². The third kappa shape index (κ3) is 6.31. The second-order valence-electron chi connectivity index (χ2n) is 5.75. The molecular formula is C14H25N3O4. The first kappa shape index (κ1) is 16.0. The third-order valence-electron chi connectivity index (χ3n) is 3.94. The van der Waals surface area contributed by atoms with Gasteiger partial charge >= 0.3 is 12.0 Å². The predicted molar refractivity (Wildman–Crippen MR) is 77.2 cm³/mol. The van der Waals surface area contributed by atoms with Crippen LogP contribution < -0.4 is 10.6 Å². The Morgan fingerprint density at radius 3 is 2.62 bits per heavy atom. The summed E-state index contributed by atoms with van der Waals surface area (Å²) in [5.74, 6) is -0.528. The molecule has 1 aliphatic carbocycles. The number of aliphatic carboxylic acids is 1. The quantitative estimate of drug-likeness (QED) is 0.559. The summed E-state index contributed by atoms with van der Waals surface area (Å²) in [5, 5.41) is 14.4. The Morgan fingerprint density at radius 2 is 2.00 bits per heavy atom. The van der Waals surface area contributed by atoms with Crippen LogP contribution in [0.5, 0.6) is 0 Å². The zero-order valence-electron chi connectivity index (χ0n) is 12.3. The summed E-state index contributed by atoms with van der Waals surface area (Å²) in [6, 6.07) is -0.489. The molecule has 3 N–H and O–H groups in total. The maximum Gasteiger partial charge on any atom is 0.315 e. The van der Waals surface area contributed by atoms with Crippen molar-refractivity contribution in [2.45, 2.75) is 31.7 Å². The van der Waals surface area contributed by atoms with E-state index in [2.05, 4.69) is 15.5 Å². The van der Waals surface area contributed by atoms with Crippen molar-refractivity contribution in [3.63, 3.8) is 0 Å². The molecule has 120 valence electrons. The lowest BCUT2D eigenvalue weighted by atomic mass is 10.1. The third-order valence-corrected chi connectivity index (χ3v) is 3.94. The number of ether oxygens (including phenoxy) is 1. The Kier molecular flexibility index (Phi) is 6.25. The van der Waals surface area contributed by atoms with Crippen LogP contribution in [0.15, 0.2) is 0 Å². The molecule has 1 saturated heterocycles. The van der Waals surface area contributed by atoms with Crippen molar-refractivity contribution >= 4 is 12.0 Å². The molecule has 1 saturated carbocycles. The zero-order valence-corrected chi connectivity index (χ0v) is 12.3. The minimum Gasteiger partial charge on any atom is -0.481 e.